The van der Waals surface area contributed by atoms with E-state index in [1.165, 1.54) is 30.3 Å². The molecule has 0 heterocycles. The van der Waals surface area contributed by atoms with Crippen LogP contribution in [0, 0.1) is 13.8 Å². The number of nitrogens with one attached hydrogen (secondary N) is 2. The molecule has 0 spiro atoms. The lowest BCUT2D eigenvalue weighted by atomic mass is 10.1. The van der Waals surface area contributed by atoms with Gasteiger partial charge in [0.05, 0.1) is 9.79 Å². The van der Waals surface area contributed by atoms with Crippen molar-refractivity contribution < 1.29 is 16.8 Å². The quantitative estimate of drug-likeness (QED) is 0.819. The summed E-state index contributed by atoms with van der Waals surface area (Å²) in [6.07, 6.45) is 0. The van der Waals surface area contributed by atoms with Crippen molar-refractivity contribution in [3.05, 3.63) is 53.6 Å². The highest BCUT2D eigenvalue weighted by Gasteiger charge is 2.16. The zero-order valence-corrected chi connectivity index (χ0v) is 15.3. The van der Waals surface area contributed by atoms with Crippen LogP contribution >= 0.6 is 0 Å². The fourth-order valence-electron chi connectivity index (χ4n) is 2.07. The van der Waals surface area contributed by atoms with Gasteiger partial charge in [0.1, 0.15) is 0 Å². The Balaban J connectivity index is 2.26. The second-order valence-electron chi connectivity index (χ2n) is 5.38. The maximum absolute atomic E-state index is 12.4. The Kier molecular flexibility index (Phi) is 5.32. The minimum absolute atomic E-state index is 0.0819. The van der Waals surface area contributed by atoms with Crippen molar-refractivity contribution in [2.75, 3.05) is 11.3 Å². The van der Waals surface area contributed by atoms with E-state index in [0.717, 1.165) is 11.1 Å². The third-order valence-corrected chi connectivity index (χ3v) is 6.48. The van der Waals surface area contributed by atoms with Crippen LogP contribution in [0.4, 0.5) is 5.69 Å². The molecule has 0 aliphatic heterocycles. The summed E-state index contributed by atoms with van der Waals surface area (Å²) in [7, 11) is -7.29. The van der Waals surface area contributed by atoms with E-state index in [-0.39, 0.29) is 16.3 Å². The monoisotopic (exact) mass is 368 g/mol. The van der Waals surface area contributed by atoms with Gasteiger partial charge >= 0.3 is 0 Å². The van der Waals surface area contributed by atoms with Crippen molar-refractivity contribution in [1.82, 2.24) is 4.72 Å². The molecule has 0 bridgehead atoms. The molecule has 0 atom stereocenters. The van der Waals surface area contributed by atoms with Crippen molar-refractivity contribution in [2.24, 2.45) is 0 Å². The van der Waals surface area contributed by atoms with Crippen LogP contribution in [0.25, 0.3) is 0 Å². The molecule has 0 aliphatic rings. The Bertz CT molecular complexity index is 935. The first-order valence-corrected chi connectivity index (χ1v) is 10.3. The molecular weight excluding hydrogens is 348 g/mol. The minimum atomic E-state index is -3.73. The first-order valence-electron chi connectivity index (χ1n) is 7.35. The summed E-state index contributed by atoms with van der Waals surface area (Å²) in [6.45, 7) is 5.71. The van der Waals surface area contributed by atoms with Gasteiger partial charge in [-0.25, -0.2) is 21.6 Å². The third-order valence-electron chi connectivity index (χ3n) is 3.54. The second-order valence-corrected chi connectivity index (χ2v) is 8.83. The number of hydrogen-bond donors (Lipinski definition) is 2. The lowest BCUT2D eigenvalue weighted by Crippen LogP contribution is -2.23. The highest BCUT2D eigenvalue weighted by atomic mass is 32.2. The first kappa shape index (κ1) is 18.4. The molecule has 2 rings (SSSR count). The zero-order valence-electron chi connectivity index (χ0n) is 13.7. The zero-order chi connectivity index (χ0) is 18.0. The summed E-state index contributed by atoms with van der Waals surface area (Å²) in [5.74, 6) is 0. The Morgan fingerprint density at radius 2 is 1.38 bits per heavy atom. The Morgan fingerprint density at radius 3 is 1.92 bits per heavy atom. The van der Waals surface area contributed by atoms with Crippen LogP contribution in [0.3, 0.4) is 0 Å². The maximum Gasteiger partial charge on any atom is 0.261 e. The molecule has 0 fully saturated rings. The number of hydrogen-bond acceptors (Lipinski definition) is 4. The van der Waals surface area contributed by atoms with Crippen molar-refractivity contribution >= 4 is 25.7 Å². The summed E-state index contributed by atoms with van der Waals surface area (Å²) >= 11 is 0. The van der Waals surface area contributed by atoms with Crippen LogP contribution in [0.5, 0.6) is 0 Å². The van der Waals surface area contributed by atoms with Gasteiger partial charge in [-0.15, -0.1) is 0 Å². The molecule has 2 aromatic carbocycles. The van der Waals surface area contributed by atoms with Crippen molar-refractivity contribution in [2.45, 2.75) is 30.6 Å². The smallest absolute Gasteiger partial charge is 0.261 e. The van der Waals surface area contributed by atoms with Crippen molar-refractivity contribution in [3.63, 3.8) is 0 Å². The topological polar surface area (TPSA) is 92.3 Å². The van der Waals surface area contributed by atoms with Crippen LogP contribution in [0.2, 0.25) is 0 Å². The van der Waals surface area contributed by atoms with Crippen LogP contribution in [0.1, 0.15) is 18.1 Å². The summed E-state index contributed by atoms with van der Waals surface area (Å²) in [6, 6.07) is 10.4. The fourth-order valence-corrected chi connectivity index (χ4v) is 4.26. The number of sulfonamides is 2. The Morgan fingerprint density at radius 1 is 0.792 bits per heavy atom. The first-order chi connectivity index (χ1) is 11.2. The molecule has 0 aromatic heterocycles. The van der Waals surface area contributed by atoms with Crippen LogP contribution in [0.15, 0.2) is 52.3 Å². The van der Waals surface area contributed by atoms with Gasteiger partial charge in [0.15, 0.2) is 0 Å². The van der Waals surface area contributed by atoms with Gasteiger partial charge < -0.3 is 0 Å². The summed E-state index contributed by atoms with van der Waals surface area (Å²) in [5, 5.41) is 0. The average Bonchev–Trinajstić information content (AvgIpc) is 2.50. The van der Waals surface area contributed by atoms with Gasteiger partial charge in [0.2, 0.25) is 10.0 Å². The van der Waals surface area contributed by atoms with Gasteiger partial charge in [-0.1, -0.05) is 13.0 Å². The normalized spacial score (nSPS) is 12.1. The average molecular weight is 368 g/mol. The van der Waals surface area contributed by atoms with E-state index in [1.54, 1.807) is 19.1 Å². The van der Waals surface area contributed by atoms with Gasteiger partial charge in [0, 0.05) is 12.2 Å². The second kappa shape index (κ2) is 6.92. The van der Waals surface area contributed by atoms with E-state index >= 15 is 0 Å². The van der Waals surface area contributed by atoms with E-state index in [4.69, 9.17) is 0 Å². The predicted molar refractivity (Wildman–Crippen MR) is 94.0 cm³/mol. The third kappa shape index (κ3) is 4.14. The molecule has 130 valence electrons. The molecule has 0 unspecified atom stereocenters. The van der Waals surface area contributed by atoms with Gasteiger partial charge in [-0.05, 0) is 61.4 Å². The predicted octanol–water partition coefficient (Wildman–Crippen LogP) is 2.40. The molecule has 2 N–H and O–H groups in total. The Hall–Kier alpha value is -1.90. The van der Waals surface area contributed by atoms with E-state index in [9.17, 15) is 16.8 Å². The standard InChI is InChI=1S/C16H20N2O4S2/c1-4-17-23(19,20)15-9-6-14(7-10-15)18-24(21,22)16-8-5-12(2)13(3)11-16/h5-11,17-18H,4H2,1-3H3. The molecular formula is C16H20N2O4S2. The molecule has 0 radical (unpaired) electrons. The SMILES string of the molecule is CCNS(=O)(=O)c1ccc(NS(=O)(=O)c2ccc(C)c(C)c2)cc1. The molecule has 0 amide bonds. The van der Waals surface area contributed by atoms with Gasteiger partial charge in [-0.3, -0.25) is 4.72 Å². The molecule has 2 aromatic rings. The van der Waals surface area contributed by atoms with Crippen LogP contribution < -0.4 is 9.44 Å². The van der Waals surface area contributed by atoms with Crippen molar-refractivity contribution in [1.29, 1.82) is 0 Å². The number of benzene rings is 2. The van der Waals surface area contributed by atoms with Gasteiger partial charge in [0.25, 0.3) is 10.0 Å². The maximum atomic E-state index is 12.4. The van der Waals surface area contributed by atoms with Crippen LogP contribution in [-0.4, -0.2) is 23.4 Å². The molecule has 0 aliphatic carbocycles. The highest BCUT2D eigenvalue weighted by Crippen LogP contribution is 2.20. The molecule has 8 heteroatoms. The number of anilines is 1. The summed E-state index contributed by atoms with van der Waals surface area (Å²) < 4.78 is 53.4. The largest absolute Gasteiger partial charge is 0.280 e. The summed E-state index contributed by atoms with van der Waals surface area (Å²) in [5.41, 5.74) is 2.18. The van der Waals surface area contributed by atoms with E-state index < -0.39 is 20.0 Å². The van der Waals surface area contributed by atoms with E-state index in [2.05, 4.69) is 9.44 Å². The van der Waals surface area contributed by atoms with Crippen LogP contribution in [-0.2, 0) is 20.0 Å². The van der Waals surface area contributed by atoms with E-state index in [1.807, 2.05) is 13.8 Å². The Labute approximate surface area is 143 Å². The van der Waals surface area contributed by atoms with Gasteiger partial charge in [-0.2, -0.15) is 0 Å². The molecule has 0 saturated heterocycles. The molecule has 24 heavy (non-hydrogen) atoms. The van der Waals surface area contributed by atoms with Crippen molar-refractivity contribution in [3.8, 4) is 0 Å². The molecule has 0 saturated carbocycles. The lowest BCUT2D eigenvalue weighted by Gasteiger charge is -2.10. The van der Waals surface area contributed by atoms with E-state index in [0.29, 0.717) is 5.69 Å². The number of rotatable bonds is 6. The number of aryl methyl sites for hydroxylation is 2. The summed E-state index contributed by atoms with van der Waals surface area (Å²) in [4.78, 5) is 0.244. The fraction of sp³-hybridized carbons (Fsp3) is 0.250. The molecule has 6 nitrogen and oxygen atoms in total. The lowest BCUT2D eigenvalue weighted by molar-refractivity contribution is 0.584. The minimum Gasteiger partial charge on any atom is -0.280 e. The highest BCUT2D eigenvalue weighted by molar-refractivity contribution is 7.92.